The quantitative estimate of drug-likeness (QED) is 0.876. The maximum atomic E-state index is 11.9. The molecule has 1 atom stereocenters. The second-order valence-electron chi connectivity index (χ2n) is 5.25. The van der Waals surface area contributed by atoms with Gasteiger partial charge in [-0.2, -0.15) is 0 Å². The Balaban J connectivity index is 1.87. The molecule has 122 valence electrons. The van der Waals surface area contributed by atoms with Crippen molar-refractivity contribution >= 4 is 15.9 Å². The van der Waals surface area contributed by atoms with E-state index < -0.39 is 9.84 Å². The molecule has 0 saturated heterocycles. The summed E-state index contributed by atoms with van der Waals surface area (Å²) in [6.45, 7) is 2.19. The summed E-state index contributed by atoms with van der Waals surface area (Å²) in [6, 6.07) is 9.68. The maximum Gasteiger partial charge on any atom is 0.315 e. The van der Waals surface area contributed by atoms with Gasteiger partial charge in [-0.1, -0.05) is 18.2 Å². The fourth-order valence-corrected chi connectivity index (χ4v) is 2.63. The normalized spacial score (nSPS) is 12.4. The third-order valence-corrected chi connectivity index (χ3v) is 4.47. The van der Waals surface area contributed by atoms with E-state index in [4.69, 9.17) is 0 Å². The van der Waals surface area contributed by atoms with E-state index in [0.717, 1.165) is 17.4 Å². The molecule has 1 aromatic heterocycles. The average molecular weight is 333 g/mol. The van der Waals surface area contributed by atoms with Crippen LogP contribution in [-0.4, -0.2) is 25.7 Å². The summed E-state index contributed by atoms with van der Waals surface area (Å²) in [5, 5.41) is 5.55. The fourth-order valence-electron chi connectivity index (χ4n) is 2.00. The molecule has 6 nitrogen and oxygen atoms in total. The molecular weight excluding hydrogens is 314 g/mol. The maximum absolute atomic E-state index is 11.9. The van der Waals surface area contributed by atoms with Crippen LogP contribution in [0.5, 0.6) is 0 Å². The molecule has 0 fully saturated rings. The van der Waals surface area contributed by atoms with Crippen molar-refractivity contribution in [3.63, 3.8) is 0 Å². The molecule has 7 heteroatoms. The van der Waals surface area contributed by atoms with Crippen molar-refractivity contribution in [3.8, 4) is 0 Å². The van der Waals surface area contributed by atoms with E-state index in [1.807, 2.05) is 19.1 Å². The van der Waals surface area contributed by atoms with Gasteiger partial charge in [0.05, 0.1) is 10.9 Å². The van der Waals surface area contributed by atoms with Crippen LogP contribution in [0.2, 0.25) is 0 Å². The Labute approximate surface area is 135 Å². The Bertz CT molecular complexity index is 759. The fraction of sp³-hybridized carbons (Fsp3) is 0.250. The second-order valence-corrected chi connectivity index (χ2v) is 7.27. The topological polar surface area (TPSA) is 88.2 Å². The lowest BCUT2D eigenvalue weighted by atomic mass is 10.1. The molecule has 0 aliphatic carbocycles. The first-order valence-corrected chi connectivity index (χ1v) is 8.98. The Morgan fingerprint density at radius 1 is 1.22 bits per heavy atom. The predicted octanol–water partition coefficient (Wildman–Crippen LogP) is 2.05. The van der Waals surface area contributed by atoms with Gasteiger partial charge in [0.1, 0.15) is 0 Å². The van der Waals surface area contributed by atoms with Crippen LogP contribution in [0.1, 0.15) is 24.1 Å². The van der Waals surface area contributed by atoms with Gasteiger partial charge < -0.3 is 10.6 Å². The second kappa shape index (κ2) is 7.23. The van der Waals surface area contributed by atoms with Crippen molar-refractivity contribution < 1.29 is 13.2 Å². The minimum Gasteiger partial charge on any atom is -0.334 e. The summed E-state index contributed by atoms with van der Waals surface area (Å²) in [7, 11) is -3.20. The van der Waals surface area contributed by atoms with Gasteiger partial charge in [-0.25, -0.2) is 13.2 Å². The summed E-state index contributed by atoms with van der Waals surface area (Å²) >= 11 is 0. The van der Waals surface area contributed by atoms with E-state index in [2.05, 4.69) is 15.6 Å². The molecule has 2 amide bonds. The minimum absolute atomic E-state index is 0.156. The van der Waals surface area contributed by atoms with Gasteiger partial charge >= 0.3 is 6.03 Å². The lowest BCUT2D eigenvalue weighted by Crippen LogP contribution is -2.36. The predicted molar refractivity (Wildman–Crippen MR) is 87.6 cm³/mol. The molecule has 2 rings (SSSR count). The molecule has 0 spiro atoms. The van der Waals surface area contributed by atoms with Crippen LogP contribution in [-0.2, 0) is 16.4 Å². The van der Waals surface area contributed by atoms with E-state index in [1.165, 1.54) is 12.1 Å². The van der Waals surface area contributed by atoms with Crippen LogP contribution in [0, 0.1) is 0 Å². The lowest BCUT2D eigenvalue weighted by molar-refractivity contribution is 0.237. The van der Waals surface area contributed by atoms with E-state index in [1.54, 1.807) is 24.5 Å². The number of benzene rings is 1. The highest BCUT2D eigenvalue weighted by Crippen LogP contribution is 2.11. The third-order valence-electron chi connectivity index (χ3n) is 3.34. The van der Waals surface area contributed by atoms with Gasteiger partial charge in [-0.3, -0.25) is 4.98 Å². The summed E-state index contributed by atoms with van der Waals surface area (Å²) in [6.07, 6.45) is 4.54. The highest BCUT2D eigenvalue weighted by atomic mass is 32.2. The van der Waals surface area contributed by atoms with Gasteiger partial charge in [0.2, 0.25) is 0 Å². The molecule has 1 aromatic carbocycles. The van der Waals surface area contributed by atoms with Crippen LogP contribution >= 0.6 is 0 Å². The first kappa shape index (κ1) is 17.0. The number of aromatic nitrogens is 1. The number of sulfone groups is 1. The summed E-state index contributed by atoms with van der Waals surface area (Å²) in [5.41, 5.74) is 1.74. The number of urea groups is 1. The van der Waals surface area contributed by atoms with E-state index in [9.17, 15) is 13.2 Å². The number of hydrogen-bond acceptors (Lipinski definition) is 4. The molecule has 0 unspecified atom stereocenters. The van der Waals surface area contributed by atoms with E-state index >= 15 is 0 Å². The molecule has 0 aliphatic rings. The largest absolute Gasteiger partial charge is 0.334 e. The Morgan fingerprint density at radius 2 is 1.91 bits per heavy atom. The summed E-state index contributed by atoms with van der Waals surface area (Å²) in [4.78, 5) is 16.2. The number of carbonyl (C=O) groups is 1. The van der Waals surface area contributed by atoms with Crippen molar-refractivity contribution in [2.24, 2.45) is 0 Å². The number of rotatable bonds is 5. The number of pyridine rings is 1. The van der Waals surface area contributed by atoms with Crippen molar-refractivity contribution in [1.82, 2.24) is 15.6 Å². The summed E-state index contributed by atoms with van der Waals surface area (Å²) < 4.78 is 22.8. The monoisotopic (exact) mass is 333 g/mol. The van der Waals surface area contributed by atoms with Crippen LogP contribution in [0.4, 0.5) is 4.79 Å². The molecule has 2 N–H and O–H groups in total. The zero-order valence-corrected chi connectivity index (χ0v) is 13.8. The van der Waals surface area contributed by atoms with E-state index in [-0.39, 0.29) is 17.0 Å². The van der Waals surface area contributed by atoms with Gasteiger partial charge in [-0.15, -0.1) is 0 Å². The van der Waals surface area contributed by atoms with Crippen molar-refractivity contribution in [2.45, 2.75) is 24.4 Å². The van der Waals surface area contributed by atoms with Gasteiger partial charge in [-0.05, 0) is 36.2 Å². The molecule has 2 aromatic rings. The first-order valence-electron chi connectivity index (χ1n) is 7.09. The zero-order valence-electron chi connectivity index (χ0n) is 13.0. The summed E-state index contributed by atoms with van der Waals surface area (Å²) in [5.74, 6) is 0. The molecular formula is C16H19N3O3S. The van der Waals surface area contributed by atoms with Crippen molar-refractivity contribution in [3.05, 3.63) is 59.9 Å². The van der Waals surface area contributed by atoms with Crippen LogP contribution in [0.15, 0.2) is 53.7 Å². The van der Waals surface area contributed by atoms with Gasteiger partial charge in [0.25, 0.3) is 0 Å². The SMILES string of the molecule is C[C@H](NC(=O)NCc1ccc(S(C)(=O)=O)cc1)c1cccnc1. The Morgan fingerprint density at radius 3 is 2.48 bits per heavy atom. The van der Waals surface area contributed by atoms with Crippen LogP contribution in [0.3, 0.4) is 0 Å². The Hall–Kier alpha value is -2.41. The van der Waals surface area contributed by atoms with Gasteiger partial charge in [0, 0.05) is 25.2 Å². The first-order chi connectivity index (χ1) is 10.9. The standard InChI is InChI=1S/C16H19N3O3S/c1-12(14-4-3-9-17-11-14)19-16(20)18-10-13-5-7-15(8-6-13)23(2,21)22/h3-9,11-12H,10H2,1-2H3,(H2,18,19,20)/t12-/m0/s1. The molecule has 0 bridgehead atoms. The molecule has 23 heavy (non-hydrogen) atoms. The highest BCUT2D eigenvalue weighted by molar-refractivity contribution is 7.90. The molecule has 1 heterocycles. The molecule has 0 radical (unpaired) electrons. The van der Waals surface area contributed by atoms with Gasteiger partial charge in [0.15, 0.2) is 9.84 Å². The van der Waals surface area contributed by atoms with E-state index in [0.29, 0.717) is 6.54 Å². The third kappa shape index (κ3) is 5.07. The smallest absolute Gasteiger partial charge is 0.315 e. The van der Waals surface area contributed by atoms with Crippen LogP contribution in [0.25, 0.3) is 0 Å². The number of amides is 2. The number of carbonyl (C=O) groups excluding carboxylic acids is 1. The lowest BCUT2D eigenvalue weighted by Gasteiger charge is -2.14. The Kier molecular flexibility index (Phi) is 5.33. The minimum atomic E-state index is -3.20. The number of nitrogens with zero attached hydrogens (tertiary/aromatic N) is 1. The van der Waals surface area contributed by atoms with Crippen molar-refractivity contribution in [2.75, 3.05) is 6.26 Å². The number of nitrogens with one attached hydrogen (secondary N) is 2. The highest BCUT2D eigenvalue weighted by Gasteiger charge is 2.10. The average Bonchev–Trinajstić information content (AvgIpc) is 2.53. The van der Waals surface area contributed by atoms with Crippen molar-refractivity contribution in [1.29, 1.82) is 0 Å². The molecule has 0 aliphatic heterocycles. The van der Waals surface area contributed by atoms with Crippen LogP contribution < -0.4 is 10.6 Å². The number of hydrogen-bond donors (Lipinski definition) is 2. The molecule has 0 saturated carbocycles. The zero-order chi connectivity index (χ0) is 16.9.